The number of rotatable bonds is 4. The zero-order chi connectivity index (χ0) is 16.5. The predicted octanol–water partition coefficient (Wildman–Crippen LogP) is 2.21. The Labute approximate surface area is 132 Å². The number of imide groups is 1. The van der Waals surface area contributed by atoms with E-state index >= 15 is 0 Å². The lowest BCUT2D eigenvalue weighted by atomic mass is 9.87. The summed E-state index contributed by atoms with van der Waals surface area (Å²) in [5, 5.41) is 2.80. The van der Waals surface area contributed by atoms with E-state index in [-0.39, 0.29) is 17.4 Å². The molecule has 2 rings (SSSR count). The number of nitrogens with zero attached hydrogens (tertiary/aromatic N) is 2. The summed E-state index contributed by atoms with van der Waals surface area (Å²) in [6.45, 7) is 6.97. The van der Waals surface area contributed by atoms with Gasteiger partial charge in [-0.2, -0.15) is 0 Å². The average Bonchev–Trinajstić information content (AvgIpc) is 2.68. The fourth-order valence-electron chi connectivity index (χ4n) is 2.63. The van der Waals surface area contributed by atoms with Gasteiger partial charge >= 0.3 is 6.03 Å². The van der Waals surface area contributed by atoms with E-state index in [0.717, 1.165) is 17.7 Å². The molecule has 1 N–H and O–H groups in total. The number of urea groups is 1. The third-order valence-electron chi connectivity index (χ3n) is 3.83. The van der Waals surface area contributed by atoms with Gasteiger partial charge in [-0.25, -0.2) is 4.79 Å². The monoisotopic (exact) mass is 303 g/mol. The molecule has 120 valence electrons. The Morgan fingerprint density at radius 3 is 2.23 bits per heavy atom. The van der Waals surface area contributed by atoms with Crippen molar-refractivity contribution in [3.63, 3.8) is 0 Å². The molecule has 3 amide bonds. The second-order valence-corrected chi connectivity index (χ2v) is 7.18. The summed E-state index contributed by atoms with van der Waals surface area (Å²) < 4.78 is 0. The molecule has 1 aromatic rings. The summed E-state index contributed by atoms with van der Waals surface area (Å²) in [7, 11) is 4.00. The van der Waals surface area contributed by atoms with Gasteiger partial charge in [-0.05, 0) is 30.6 Å². The van der Waals surface area contributed by atoms with Gasteiger partial charge in [0.1, 0.15) is 6.04 Å². The zero-order valence-electron chi connectivity index (χ0n) is 14.0. The number of benzene rings is 1. The van der Waals surface area contributed by atoms with Gasteiger partial charge in [0.2, 0.25) is 0 Å². The highest BCUT2D eigenvalue weighted by Crippen LogP contribution is 2.26. The van der Waals surface area contributed by atoms with Crippen LogP contribution in [-0.2, 0) is 17.9 Å². The van der Waals surface area contributed by atoms with Crippen LogP contribution in [0, 0.1) is 5.41 Å². The molecule has 1 aliphatic rings. The van der Waals surface area contributed by atoms with Crippen molar-refractivity contribution in [2.24, 2.45) is 5.41 Å². The van der Waals surface area contributed by atoms with Crippen molar-refractivity contribution in [2.75, 3.05) is 14.1 Å². The highest BCUT2D eigenvalue weighted by atomic mass is 16.2. The van der Waals surface area contributed by atoms with Crippen molar-refractivity contribution in [3.8, 4) is 0 Å². The van der Waals surface area contributed by atoms with Crippen molar-refractivity contribution in [3.05, 3.63) is 35.4 Å². The SMILES string of the molecule is CN(C)Cc1ccccc1CN1C(=O)N[C@@H](C(C)(C)C)C1=O. The van der Waals surface area contributed by atoms with Crippen LogP contribution in [0.2, 0.25) is 0 Å². The van der Waals surface area contributed by atoms with E-state index < -0.39 is 6.04 Å². The van der Waals surface area contributed by atoms with Crippen molar-refractivity contribution >= 4 is 11.9 Å². The molecule has 0 saturated carbocycles. The summed E-state index contributed by atoms with van der Waals surface area (Å²) in [6.07, 6.45) is 0. The maximum atomic E-state index is 12.5. The number of hydrogen-bond donors (Lipinski definition) is 1. The number of carbonyl (C=O) groups is 2. The lowest BCUT2D eigenvalue weighted by Gasteiger charge is -2.24. The van der Waals surface area contributed by atoms with Crippen LogP contribution in [0.4, 0.5) is 4.79 Å². The maximum Gasteiger partial charge on any atom is 0.325 e. The van der Waals surface area contributed by atoms with Crippen LogP contribution in [0.5, 0.6) is 0 Å². The van der Waals surface area contributed by atoms with Gasteiger partial charge < -0.3 is 10.2 Å². The standard InChI is InChI=1S/C17H25N3O2/c1-17(2,3)14-15(21)20(16(22)18-14)11-13-9-7-6-8-12(13)10-19(4)5/h6-9,14H,10-11H2,1-5H3,(H,18,22)/t14-/m1/s1. The number of amides is 3. The van der Waals surface area contributed by atoms with E-state index in [4.69, 9.17) is 0 Å². The Morgan fingerprint density at radius 1 is 1.14 bits per heavy atom. The lowest BCUT2D eigenvalue weighted by Crippen LogP contribution is -2.41. The van der Waals surface area contributed by atoms with Crippen LogP contribution in [0.25, 0.3) is 0 Å². The summed E-state index contributed by atoms with van der Waals surface area (Å²) in [6, 6.07) is 7.17. The van der Waals surface area contributed by atoms with E-state index in [1.165, 1.54) is 4.90 Å². The lowest BCUT2D eigenvalue weighted by molar-refractivity contribution is -0.129. The molecule has 0 bridgehead atoms. The Hall–Kier alpha value is -1.88. The molecule has 0 spiro atoms. The summed E-state index contributed by atoms with van der Waals surface area (Å²) >= 11 is 0. The molecule has 5 heteroatoms. The molecule has 0 radical (unpaired) electrons. The quantitative estimate of drug-likeness (QED) is 0.868. The molecular weight excluding hydrogens is 278 g/mol. The van der Waals surface area contributed by atoms with Gasteiger partial charge in [-0.1, -0.05) is 45.0 Å². The zero-order valence-corrected chi connectivity index (χ0v) is 14.0. The van der Waals surface area contributed by atoms with Crippen molar-refractivity contribution in [1.29, 1.82) is 0 Å². The Kier molecular flexibility index (Phi) is 4.56. The maximum absolute atomic E-state index is 12.5. The van der Waals surface area contributed by atoms with E-state index in [1.807, 2.05) is 59.1 Å². The van der Waals surface area contributed by atoms with Crippen LogP contribution >= 0.6 is 0 Å². The Bertz CT molecular complexity index is 576. The minimum absolute atomic E-state index is 0.142. The average molecular weight is 303 g/mol. The summed E-state index contributed by atoms with van der Waals surface area (Å²) in [5.74, 6) is -0.142. The van der Waals surface area contributed by atoms with Crippen LogP contribution in [0.3, 0.4) is 0 Å². The van der Waals surface area contributed by atoms with Gasteiger partial charge in [0.25, 0.3) is 5.91 Å². The first-order chi connectivity index (χ1) is 10.2. The molecule has 1 atom stereocenters. The number of carbonyl (C=O) groups excluding carboxylic acids is 2. The fraction of sp³-hybridized carbons (Fsp3) is 0.529. The van der Waals surface area contributed by atoms with Crippen molar-refractivity contribution in [1.82, 2.24) is 15.1 Å². The molecule has 0 unspecified atom stereocenters. The third kappa shape index (κ3) is 3.47. The first-order valence-corrected chi connectivity index (χ1v) is 7.53. The fourth-order valence-corrected chi connectivity index (χ4v) is 2.63. The largest absolute Gasteiger partial charge is 0.325 e. The topological polar surface area (TPSA) is 52.6 Å². The van der Waals surface area contributed by atoms with E-state index in [1.54, 1.807) is 0 Å². The van der Waals surface area contributed by atoms with Gasteiger partial charge in [-0.15, -0.1) is 0 Å². The van der Waals surface area contributed by atoms with Crippen molar-refractivity contribution < 1.29 is 9.59 Å². The smallest absolute Gasteiger partial charge is 0.325 e. The van der Waals surface area contributed by atoms with Crippen molar-refractivity contribution in [2.45, 2.75) is 39.9 Å². The molecule has 1 saturated heterocycles. The molecular formula is C17H25N3O2. The van der Waals surface area contributed by atoms with Crippen LogP contribution in [0.1, 0.15) is 31.9 Å². The van der Waals surface area contributed by atoms with Crippen LogP contribution in [-0.4, -0.2) is 41.9 Å². The van der Waals surface area contributed by atoms with Crippen LogP contribution in [0.15, 0.2) is 24.3 Å². The van der Waals surface area contributed by atoms with E-state index in [0.29, 0.717) is 6.54 Å². The summed E-state index contributed by atoms with van der Waals surface area (Å²) in [4.78, 5) is 28.1. The van der Waals surface area contributed by atoms with Gasteiger partial charge in [0.05, 0.1) is 6.54 Å². The molecule has 1 heterocycles. The Morgan fingerprint density at radius 2 is 1.73 bits per heavy atom. The minimum atomic E-state index is -0.457. The first kappa shape index (κ1) is 16.5. The van der Waals surface area contributed by atoms with E-state index in [2.05, 4.69) is 10.2 Å². The van der Waals surface area contributed by atoms with Gasteiger partial charge in [-0.3, -0.25) is 9.69 Å². The molecule has 1 aliphatic heterocycles. The third-order valence-corrected chi connectivity index (χ3v) is 3.83. The van der Waals surface area contributed by atoms with Gasteiger partial charge in [0.15, 0.2) is 0 Å². The van der Waals surface area contributed by atoms with E-state index in [9.17, 15) is 9.59 Å². The molecule has 1 fully saturated rings. The molecule has 0 aliphatic carbocycles. The highest BCUT2D eigenvalue weighted by Gasteiger charge is 2.44. The molecule has 22 heavy (non-hydrogen) atoms. The Balaban J connectivity index is 2.21. The molecule has 1 aromatic carbocycles. The van der Waals surface area contributed by atoms with Crippen LogP contribution < -0.4 is 5.32 Å². The predicted molar refractivity (Wildman–Crippen MR) is 86.2 cm³/mol. The second-order valence-electron chi connectivity index (χ2n) is 7.18. The second kappa shape index (κ2) is 6.08. The van der Waals surface area contributed by atoms with Gasteiger partial charge in [0, 0.05) is 6.54 Å². The summed E-state index contributed by atoms with van der Waals surface area (Å²) in [5.41, 5.74) is 1.85. The molecule has 0 aromatic heterocycles. The first-order valence-electron chi connectivity index (χ1n) is 7.53. The molecule has 5 nitrogen and oxygen atoms in total. The highest BCUT2D eigenvalue weighted by molar-refractivity contribution is 6.04. The number of hydrogen-bond acceptors (Lipinski definition) is 3. The minimum Gasteiger partial charge on any atom is -0.325 e. The normalized spacial score (nSPS) is 19.0. The number of nitrogens with one attached hydrogen (secondary N) is 1.